The molecule has 0 unspecified atom stereocenters. The first-order valence-corrected chi connectivity index (χ1v) is 3.65. The summed E-state index contributed by atoms with van der Waals surface area (Å²) >= 11 is 0. The molecule has 0 saturated carbocycles. The van der Waals surface area contributed by atoms with Gasteiger partial charge in [0, 0.05) is 6.42 Å². The summed E-state index contributed by atoms with van der Waals surface area (Å²) in [6, 6.07) is 6.11. The van der Waals surface area contributed by atoms with E-state index in [2.05, 4.69) is 0 Å². The Morgan fingerprint density at radius 3 is 2.83 bits per heavy atom. The Morgan fingerprint density at radius 1 is 1.42 bits per heavy atom. The van der Waals surface area contributed by atoms with Gasteiger partial charge in [0.25, 0.3) is 0 Å². The molecule has 0 aliphatic rings. The fourth-order valence-corrected chi connectivity index (χ4v) is 0.779. The zero-order valence-electron chi connectivity index (χ0n) is 6.50. The van der Waals surface area contributed by atoms with Crippen molar-refractivity contribution in [2.24, 2.45) is 0 Å². The molecule has 0 aliphatic carbocycles. The van der Waals surface area contributed by atoms with Gasteiger partial charge in [0.2, 0.25) is 0 Å². The van der Waals surface area contributed by atoms with Crippen LogP contribution < -0.4 is 4.74 Å². The number of ether oxygens (including phenoxy) is 1. The first-order valence-electron chi connectivity index (χ1n) is 3.65. The number of rotatable bonds is 4. The van der Waals surface area contributed by atoms with Crippen LogP contribution in [0.3, 0.4) is 0 Å². The maximum Gasteiger partial charge on any atom is 0.165 e. The first-order chi connectivity index (χ1) is 5.84. The molecule has 0 aliphatic heterocycles. The van der Waals surface area contributed by atoms with Gasteiger partial charge in [0.1, 0.15) is 6.29 Å². The van der Waals surface area contributed by atoms with Crippen LogP contribution >= 0.6 is 0 Å². The molecule has 2 nitrogen and oxygen atoms in total. The Hall–Kier alpha value is -1.38. The lowest BCUT2D eigenvalue weighted by molar-refractivity contribution is -0.108. The number of hydrogen-bond acceptors (Lipinski definition) is 2. The van der Waals surface area contributed by atoms with Crippen LogP contribution in [0.15, 0.2) is 24.3 Å². The number of hydrogen-bond donors (Lipinski definition) is 0. The lowest BCUT2D eigenvalue weighted by Crippen LogP contribution is -1.98. The highest BCUT2D eigenvalue weighted by atomic mass is 19.1. The molecule has 12 heavy (non-hydrogen) atoms. The fraction of sp³-hybridized carbons (Fsp3) is 0.222. The molecule has 0 bridgehead atoms. The van der Waals surface area contributed by atoms with Crippen molar-refractivity contribution in [3.8, 4) is 5.75 Å². The summed E-state index contributed by atoms with van der Waals surface area (Å²) < 4.78 is 17.8. The van der Waals surface area contributed by atoms with Crippen molar-refractivity contribution in [2.45, 2.75) is 6.42 Å². The zero-order valence-corrected chi connectivity index (χ0v) is 6.50. The van der Waals surface area contributed by atoms with E-state index in [0.717, 1.165) is 6.29 Å². The fourth-order valence-electron chi connectivity index (χ4n) is 0.779. The second-order valence-corrected chi connectivity index (χ2v) is 2.23. The van der Waals surface area contributed by atoms with Gasteiger partial charge in [-0.15, -0.1) is 0 Å². The zero-order chi connectivity index (χ0) is 8.81. The lowest BCUT2D eigenvalue weighted by Gasteiger charge is -2.03. The molecule has 0 N–H and O–H groups in total. The Kier molecular flexibility index (Phi) is 3.26. The van der Waals surface area contributed by atoms with Crippen LogP contribution in [0.1, 0.15) is 6.42 Å². The molecule has 0 heterocycles. The highest BCUT2D eigenvalue weighted by Gasteiger charge is 1.99. The Bertz CT molecular complexity index is 260. The Balaban J connectivity index is 2.51. The van der Waals surface area contributed by atoms with Gasteiger partial charge < -0.3 is 9.53 Å². The quantitative estimate of drug-likeness (QED) is 0.506. The van der Waals surface area contributed by atoms with E-state index < -0.39 is 5.82 Å². The van der Waals surface area contributed by atoms with Gasteiger partial charge in [-0.25, -0.2) is 4.39 Å². The molecular formula is C9H9FO2. The first kappa shape index (κ1) is 8.71. The predicted molar refractivity (Wildman–Crippen MR) is 42.6 cm³/mol. The van der Waals surface area contributed by atoms with Crippen molar-refractivity contribution in [3.63, 3.8) is 0 Å². The van der Waals surface area contributed by atoms with Crippen LogP contribution in [0, 0.1) is 5.82 Å². The summed E-state index contributed by atoms with van der Waals surface area (Å²) in [6.07, 6.45) is 1.02. The number of benzene rings is 1. The minimum Gasteiger partial charge on any atom is -0.490 e. The third-order valence-corrected chi connectivity index (χ3v) is 1.33. The van der Waals surface area contributed by atoms with Crippen LogP contribution in [0.4, 0.5) is 4.39 Å². The third-order valence-electron chi connectivity index (χ3n) is 1.33. The van der Waals surface area contributed by atoms with Crippen molar-refractivity contribution < 1.29 is 13.9 Å². The average molecular weight is 168 g/mol. The van der Waals surface area contributed by atoms with Crippen molar-refractivity contribution in [1.82, 2.24) is 0 Å². The minimum absolute atomic E-state index is 0.194. The van der Waals surface area contributed by atoms with E-state index in [1.807, 2.05) is 0 Å². The maximum atomic E-state index is 12.8. The molecular weight excluding hydrogens is 159 g/mol. The molecule has 0 spiro atoms. The van der Waals surface area contributed by atoms with Crippen molar-refractivity contribution in [2.75, 3.05) is 6.61 Å². The van der Waals surface area contributed by atoms with E-state index in [1.165, 1.54) is 12.1 Å². The van der Waals surface area contributed by atoms with Crippen LogP contribution in [0.5, 0.6) is 5.75 Å². The highest BCUT2D eigenvalue weighted by Crippen LogP contribution is 2.14. The largest absolute Gasteiger partial charge is 0.490 e. The smallest absolute Gasteiger partial charge is 0.165 e. The SMILES string of the molecule is O=CCCOc1ccccc1F. The van der Waals surface area contributed by atoms with Crippen molar-refractivity contribution in [1.29, 1.82) is 0 Å². The van der Waals surface area contributed by atoms with E-state index in [1.54, 1.807) is 12.1 Å². The molecule has 1 aromatic carbocycles. The van der Waals surface area contributed by atoms with E-state index >= 15 is 0 Å². The molecule has 0 fully saturated rings. The molecule has 0 radical (unpaired) electrons. The topological polar surface area (TPSA) is 26.3 Å². The van der Waals surface area contributed by atoms with Gasteiger partial charge in [-0.2, -0.15) is 0 Å². The van der Waals surface area contributed by atoms with Gasteiger partial charge in [0.05, 0.1) is 6.61 Å². The molecule has 0 atom stereocenters. The van der Waals surface area contributed by atoms with Crippen molar-refractivity contribution >= 4 is 6.29 Å². The summed E-state index contributed by atoms with van der Waals surface area (Å²) in [5.41, 5.74) is 0. The number of carbonyl (C=O) groups excluding carboxylic acids is 1. The number of para-hydroxylation sites is 1. The predicted octanol–water partition coefficient (Wildman–Crippen LogP) is 1.79. The van der Waals surface area contributed by atoms with Gasteiger partial charge in [-0.05, 0) is 12.1 Å². The number of halogens is 1. The summed E-state index contributed by atoms with van der Waals surface area (Å²) in [6.45, 7) is 0.227. The molecule has 0 saturated heterocycles. The van der Waals surface area contributed by atoms with E-state index in [9.17, 15) is 9.18 Å². The van der Waals surface area contributed by atoms with Gasteiger partial charge in [-0.1, -0.05) is 12.1 Å². The van der Waals surface area contributed by atoms with Crippen LogP contribution in [-0.2, 0) is 4.79 Å². The van der Waals surface area contributed by atoms with Gasteiger partial charge in [0.15, 0.2) is 11.6 Å². The summed E-state index contributed by atoms with van der Waals surface area (Å²) in [5, 5.41) is 0. The second kappa shape index (κ2) is 4.49. The van der Waals surface area contributed by atoms with E-state index in [4.69, 9.17) is 4.74 Å². The van der Waals surface area contributed by atoms with E-state index in [0.29, 0.717) is 0 Å². The standard InChI is InChI=1S/C9H9FO2/c10-8-4-1-2-5-9(8)12-7-3-6-11/h1-2,4-6H,3,7H2. The minimum atomic E-state index is -0.400. The molecule has 1 rings (SSSR count). The Labute approximate surface area is 70.0 Å². The number of aldehydes is 1. The van der Waals surface area contributed by atoms with Gasteiger partial charge in [-0.3, -0.25) is 0 Å². The van der Waals surface area contributed by atoms with Crippen LogP contribution in [-0.4, -0.2) is 12.9 Å². The Morgan fingerprint density at radius 2 is 2.17 bits per heavy atom. The summed E-state index contributed by atoms with van der Waals surface area (Å²) in [4.78, 5) is 9.91. The normalized spacial score (nSPS) is 9.42. The summed E-state index contributed by atoms with van der Waals surface area (Å²) in [5.74, 6) is -0.206. The van der Waals surface area contributed by atoms with E-state index in [-0.39, 0.29) is 18.8 Å². The molecule has 64 valence electrons. The number of carbonyl (C=O) groups is 1. The average Bonchev–Trinajstić information content (AvgIpc) is 2.09. The molecule has 3 heteroatoms. The van der Waals surface area contributed by atoms with Crippen molar-refractivity contribution in [3.05, 3.63) is 30.1 Å². The molecule has 1 aromatic rings. The summed E-state index contributed by atoms with van der Waals surface area (Å²) in [7, 11) is 0. The lowest BCUT2D eigenvalue weighted by atomic mass is 10.3. The molecule has 0 aromatic heterocycles. The molecule has 0 amide bonds. The second-order valence-electron chi connectivity index (χ2n) is 2.23. The van der Waals surface area contributed by atoms with Gasteiger partial charge >= 0.3 is 0 Å². The third kappa shape index (κ3) is 2.34. The maximum absolute atomic E-state index is 12.8. The van der Waals surface area contributed by atoms with Crippen LogP contribution in [0.25, 0.3) is 0 Å². The monoisotopic (exact) mass is 168 g/mol. The highest BCUT2D eigenvalue weighted by molar-refractivity contribution is 5.49. The van der Waals surface area contributed by atoms with Crippen LogP contribution in [0.2, 0.25) is 0 Å².